The summed E-state index contributed by atoms with van der Waals surface area (Å²) in [7, 11) is 0. The van der Waals surface area contributed by atoms with E-state index in [0.717, 1.165) is 53.9 Å². The van der Waals surface area contributed by atoms with Crippen molar-refractivity contribution in [3.8, 4) is 5.75 Å². The molecular formula is C25H28O4. The smallest absolute Gasteiger partial charge is 0.199 e. The van der Waals surface area contributed by atoms with Crippen molar-refractivity contribution in [2.45, 2.75) is 52.7 Å². The summed E-state index contributed by atoms with van der Waals surface area (Å²) in [5, 5.41) is 0. The minimum atomic E-state index is -0.167. The normalized spacial score (nSPS) is 16.7. The second-order valence-electron chi connectivity index (χ2n) is 7.66. The van der Waals surface area contributed by atoms with Crippen LogP contribution < -0.4 is 4.74 Å². The summed E-state index contributed by atoms with van der Waals surface area (Å²) in [5.74, 6) is 0.879. The summed E-state index contributed by atoms with van der Waals surface area (Å²) >= 11 is 0. The monoisotopic (exact) mass is 392 g/mol. The molecule has 0 spiro atoms. The van der Waals surface area contributed by atoms with Crippen molar-refractivity contribution in [1.82, 2.24) is 0 Å². The molecule has 4 heteroatoms. The molecule has 0 amide bonds. The lowest BCUT2D eigenvalue weighted by molar-refractivity contribution is -0.116. The molecule has 152 valence electrons. The van der Waals surface area contributed by atoms with Crippen molar-refractivity contribution in [1.29, 1.82) is 0 Å². The first kappa shape index (κ1) is 21.0. The highest BCUT2D eigenvalue weighted by atomic mass is 16.7. The number of carbonyl (C=O) groups is 2. The van der Waals surface area contributed by atoms with Crippen molar-refractivity contribution in [3.05, 3.63) is 70.3 Å². The van der Waals surface area contributed by atoms with E-state index in [0.29, 0.717) is 12.0 Å². The van der Waals surface area contributed by atoms with E-state index in [1.54, 1.807) is 19.1 Å². The van der Waals surface area contributed by atoms with E-state index in [9.17, 15) is 9.59 Å². The highest BCUT2D eigenvalue weighted by Crippen LogP contribution is 2.24. The van der Waals surface area contributed by atoms with Gasteiger partial charge in [-0.3, -0.25) is 9.59 Å². The van der Waals surface area contributed by atoms with Crippen LogP contribution in [0, 0.1) is 13.8 Å². The third kappa shape index (κ3) is 5.88. The van der Waals surface area contributed by atoms with Crippen LogP contribution in [0.2, 0.25) is 0 Å². The Bertz CT molecular complexity index is 920. The summed E-state index contributed by atoms with van der Waals surface area (Å²) < 4.78 is 11.6. The number of ether oxygens (including phenoxy) is 2. The maximum atomic E-state index is 12.6. The SMILES string of the molecule is CC(=O)Cc1ccc(C(=O)/C=C/c2ccc(OC3CCCCO3)c(C)c2)c(C)c1. The number of allylic oxidation sites excluding steroid dienone is 1. The number of rotatable bonds is 7. The van der Waals surface area contributed by atoms with Gasteiger partial charge in [-0.1, -0.05) is 30.3 Å². The van der Waals surface area contributed by atoms with Crippen molar-refractivity contribution in [3.63, 3.8) is 0 Å². The van der Waals surface area contributed by atoms with E-state index in [-0.39, 0.29) is 17.9 Å². The van der Waals surface area contributed by atoms with E-state index in [2.05, 4.69) is 0 Å². The maximum Gasteiger partial charge on any atom is 0.199 e. The Kier molecular flexibility index (Phi) is 6.99. The average molecular weight is 392 g/mol. The quantitative estimate of drug-likeness (QED) is 0.478. The molecule has 29 heavy (non-hydrogen) atoms. The first-order chi connectivity index (χ1) is 13.9. The second kappa shape index (κ2) is 9.66. The van der Waals surface area contributed by atoms with Crippen LogP contribution in [0.15, 0.2) is 42.5 Å². The van der Waals surface area contributed by atoms with Gasteiger partial charge in [0.2, 0.25) is 0 Å². The fourth-order valence-electron chi connectivity index (χ4n) is 3.52. The number of Topliss-reactive ketones (excluding diaryl/α,β-unsaturated/α-hetero) is 1. The lowest BCUT2D eigenvalue weighted by atomic mass is 9.99. The zero-order valence-electron chi connectivity index (χ0n) is 17.4. The Morgan fingerprint density at radius 2 is 1.93 bits per heavy atom. The molecule has 1 unspecified atom stereocenters. The van der Waals surface area contributed by atoms with Crippen molar-refractivity contribution in [2.24, 2.45) is 0 Å². The van der Waals surface area contributed by atoms with Crippen molar-refractivity contribution in [2.75, 3.05) is 6.61 Å². The van der Waals surface area contributed by atoms with Gasteiger partial charge in [0, 0.05) is 18.4 Å². The number of ketones is 2. The lowest BCUT2D eigenvalue weighted by Gasteiger charge is -2.24. The Hall–Kier alpha value is -2.72. The molecule has 3 rings (SSSR count). The molecule has 0 saturated carbocycles. The van der Waals surface area contributed by atoms with Gasteiger partial charge >= 0.3 is 0 Å². The molecule has 1 aliphatic heterocycles. The van der Waals surface area contributed by atoms with Crippen LogP contribution in [-0.2, 0) is 16.0 Å². The zero-order valence-corrected chi connectivity index (χ0v) is 17.4. The number of benzene rings is 2. The molecule has 0 N–H and O–H groups in total. The Morgan fingerprint density at radius 1 is 1.10 bits per heavy atom. The molecular weight excluding hydrogens is 364 g/mol. The Balaban J connectivity index is 1.66. The van der Waals surface area contributed by atoms with Gasteiger partial charge in [-0.2, -0.15) is 0 Å². The summed E-state index contributed by atoms with van der Waals surface area (Å²) in [6.45, 7) is 6.21. The van der Waals surface area contributed by atoms with Crippen LogP contribution in [0.1, 0.15) is 58.8 Å². The first-order valence-electron chi connectivity index (χ1n) is 10.1. The van der Waals surface area contributed by atoms with E-state index in [4.69, 9.17) is 9.47 Å². The van der Waals surface area contributed by atoms with Gasteiger partial charge < -0.3 is 9.47 Å². The van der Waals surface area contributed by atoms with Gasteiger partial charge in [-0.05, 0) is 74.1 Å². The first-order valence-corrected chi connectivity index (χ1v) is 10.1. The van der Waals surface area contributed by atoms with Crippen LogP contribution in [0.25, 0.3) is 6.08 Å². The number of carbonyl (C=O) groups excluding carboxylic acids is 2. The fourth-order valence-corrected chi connectivity index (χ4v) is 3.52. The third-order valence-corrected chi connectivity index (χ3v) is 5.03. The molecule has 0 bridgehead atoms. The molecule has 4 nitrogen and oxygen atoms in total. The van der Waals surface area contributed by atoms with Crippen LogP contribution in [0.5, 0.6) is 5.75 Å². The molecule has 0 radical (unpaired) electrons. The summed E-state index contributed by atoms with van der Waals surface area (Å²) in [5.41, 5.74) is 4.42. The highest BCUT2D eigenvalue weighted by Gasteiger charge is 2.16. The van der Waals surface area contributed by atoms with Crippen LogP contribution in [0.3, 0.4) is 0 Å². The molecule has 1 saturated heterocycles. The van der Waals surface area contributed by atoms with Gasteiger partial charge in [0.15, 0.2) is 12.1 Å². The molecule has 0 aliphatic carbocycles. The summed E-state index contributed by atoms with van der Waals surface area (Å²) in [6.07, 6.45) is 6.77. The van der Waals surface area contributed by atoms with Gasteiger partial charge in [-0.15, -0.1) is 0 Å². The average Bonchev–Trinajstić information content (AvgIpc) is 2.68. The number of hydrogen-bond acceptors (Lipinski definition) is 4. The van der Waals surface area contributed by atoms with Crippen LogP contribution in [-0.4, -0.2) is 24.5 Å². The Morgan fingerprint density at radius 3 is 2.59 bits per heavy atom. The number of aryl methyl sites for hydroxylation is 2. The van der Waals surface area contributed by atoms with Crippen molar-refractivity contribution >= 4 is 17.6 Å². The second-order valence-corrected chi connectivity index (χ2v) is 7.66. The molecule has 0 aromatic heterocycles. The maximum absolute atomic E-state index is 12.6. The summed E-state index contributed by atoms with van der Waals surface area (Å²) in [4.78, 5) is 23.9. The van der Waals surface area contributed by atoms with Gasteiger partial charge in [0.25, 0.3) is 0 Å². The Labute approximate surface area is 172 Å². The summed E-state index contributed by atoms with van der Waals surface area (Å²) in [6, 6.07) is 11.4. The predicted molar refractivity (Wildman–Crippen MR) is 114 cm³/mol. The zero-order chi connectivity index (χ0) is 20.8. The van der Waals surface area contributed by atoms with E-state index in [1.165, 1.54) is 0 Å². The molecule has 1 fully saturated rings. The van der Waals surface area contributed by atoms with Crippen LogP contribution in [0.4, 0.5) is 0 Å². The number of hydrogen-bond donors (Lipinski definition) is 0. The predicted octanol–water partition coefficient (Wildman–Crippen LogP) is 5.24. The van der Waals surface area contributed by atoms with E-state index >= 15 is 0 Å². The minimum absolute atomic E-state index is 0.0505. The van der Waals surface area contributed by atoms with E-state index in [1.807, 2.05) is 50.3 Å². The van der Waals surface area contributed by atoms with Gasteiger partial charge in [0.1, 0.15) is 11.5 Å². The van der Waals surface area contributed by atoms with Crippen molar-refractivity contribution < 1.29 is 19.1 Å². The van der Waals surface area contributed by atoms with Crippen LogP contribution >= 0.6 is 0 Å². The highest BCUT2D eigenvalue weighted by molar-refractivity contribution is 6.07. The molecule has 1 heterocycles. The fraction of sp³-hybridized carbons (Fsp3) is 0.360. The standard InChI is InChI=1S/C25H28O4/c1-17-14-21(16-19(3)26)7-10-22(17)23(27)11-8-20-9-12-24(18(2)15-20)29-25-6-4-5-13-28-25/h7-12,14-15,25H,4-6,13,16H2,1-3H3/b11-8+. The molecule has 2 aromatic rings. The van der Waals surface area contributed by atoms with E-state index < -0.39 is 0 Å². The molecule has 2 aromatic carbocycles. The molecule has 1 aliphatic rings. The van der Waals surface area contributed by atoms with Gasteiger partial charge in [0.05, 0.1) is 6.61 Å². The minimum Gasteiger partial charge on any atom is -0.465 e. The molecule has 1 atom stereocenters. The third-order valence-electron chi connectivity index (χ3n) is 5.03. The lowest BCUT2D eigenvalue weighted by Crippen LogP contribution is -2.25. The topological polar surface area (TPSA) is 52.6 Å². The largest absolute Gasteiger partial charge is 0.465 e. The van der Waals surface area contributed by atoms with Gasteiger partial charge in [-0.25, -0.2) is 0 Å².